The summed E-state index contributed by atoms with van der Waals surface area (Å²) in [7, 11) is 0. The summed E-state index contributed by atoms with van der Waals surface area (Å²) in [4.78, 5) is 0.447. The summed E-state index contributed by atoms with van der Waals surface area (Å²) in [6, 6.07) is 0. The smallest absolute Gasteiger partial charge is 0.0645 e. The molecule has 2 heteroatoms. The Kier molecular flexibility index (Phi) is 5.44. The monoisotopic (exact) mass is 178 g/mol. The van der Waals surface area contributed by atoms with Crippen molar-refractivity contribution in [2.24, 2.45) is 0 Å². The van der Waals surface area contributed by atoms with Crippen LogP contribution < -0.4 is 0 Å². The molecule has 0 radical (unpaired) electrons. The Balaban J connectivity index is 2.81. The minimum Gasteiger partial charge on any atom is -0.376 e. The molecule has 0 aromatic heterocycles. The van der Waals surface area contributed by atoms with Gasteiger partial charge in [-0.15, -0.1) is 6.58 Å². The molecule has 48 valence electrons. The maximum Gasteiger partial charge on any atom is 0.0645 e. The van der Waals surface area contributed by atoms with Gasteiger partial charge in [0.15, 0.2) is 0 Å². The summed E-state index contributed by atoms with van der Waals surface area (Å²) >= 11 is 3.35. The van der Waals surface area contributed by atoms with E-state index in [2.05, 4.69) is 22.5 Å². The van der Waals surface area contributed by atoms with Crippen LogP contribution in [0.4, 0.5) is 0 Å². The third kappa shape index (κ3) is 6.18. The lowest BCUT2D eigenvalue weighted by atomic mass is 10.5. The molecule has 0 saturated heterocycles. The summed E-state index contributed by atoms with van der Waals surface area (Å²) in [5.41, 5.74) is 0. The van der Waals surface area contributed by atoms with Crippen molar-refractivity contribution in [2.75, 3.05) is 13.2 Å². The van der Waals surface area contributed by atoms with Gasteiger partial charge in [-0.05, 0) is 0 Å². The first kappa shape index (κ1) is 8.18. The average molecular weight is 179 g/mol. The van der Waals surface area contributed by atoms with Crippen LogP contribution in [0.1, 0.15) is 6.92 Å². The molecule has 0 aliphatic carbocycles. The highest BCUT2D eigenvalue weighted by atomic mass is 79.9. The molecule has 0 rings (SSSR count). The van der Waals surface area contributed by atoms with Gasteiger partial charge in [-0.1, -0.05) is 28.9 Å². The SMILES string of the molecule is C=CCOCC(C)Br. The molecule has 0 aliphatic heterocycles. The van der Waals surface area contributed by atoms with Crippen molar-refractivity contribution in [1.29, 1.82) is 0 Å². The Morgan fingerprint density at radius 2 is 2.50 bits per heavy atom. The Hall–Kier alpha value is 0.180. The maximum absolute atomic E-state index is 5.08. The molecule has 1 atom stereocenters. The molecule has 0 spiro atoms. The number of ether oxygens (including phenoxy) is 1. The standard InChI is InChI=1S/C6H11BrO/c1-3-4-8-5-6(2)7/h3,6H,1,4-5H2,2H3. The van der Waals surface area contributed by atoms with Crippen molar-refractivity contribution in [1.82, 2.24) is 0 Å². The third-order valence-electron chi connectivity index (χ3n) is 0.583. The molecule has 0 heterocycles. The van der Waals surface area contributed by atoms with Crippen LogP contribution in [-0.2, 0) is 4.74 Å². The zero-order chi connectivity index (χ0) is 6.41. The van der Waals surface area contributed by atoms with E-state index in [0.717, 1.165) is 6.61 Å². The molecule has 0 aromatic rings. The fourth-order valence-electron chi connectivity index (χ4n) is 0.314. The predicted molar refractivity (Wildman–Crippen MR) is 39.4 cm³/mol. The Labute approximate surface area is 58.9 Å². The molecule has 8 heavy (non-hydrogen) atoms. The van der Waals surface area contributed by atoms with Gasteiger partial charge in [-0.3, -0.25) is 0 Å². The second kappa shape index (κ2) is 5.32. The van der Waals surface area contributed by atoms with E-state index in [4.69, 9.17) is 4.74 Å². The van der Waals surface area contributed by atoms with E-state index in [9.17, 15) is 0 Å². The highest BCUT2D eigenvalue weighted by Gasteiger charge is 1.91. The molecule has 1 unspecified atom stereocenters. The summed E-state index contributed by atoms with van der Waals surface area (Å²) in [5, 5.41) is 0. The lowest BCUT2D eigenvalue weighted by molar-refractivity contribution is 0.168. The fraction of sp³-hybridized carbons (Fsp3) is 0.667. The van der Waals surface area contributed by atoms with E-state index in [-0.39, 0.29) is 0 Å². The van der Waals surface area contributed by atoms with Gasteiger partial charge in [-0.2, -0.15) is 0 Å². The number of hydrogen-bond donors (Lipinski definition) is 0. The van der Waals surface area contributed by atoms with Gasteiger partial charge in [0.05, 0.1) is 13.2 Å². The Morgan fingerprint density at radius 1 is 1.88 bits per heavy atom. The van der Waals surface area contributed by atoms with Crippen LogP contribution in [0.2, 0.25) is 0 Å². The normalized spacial score (nSPS) is 13.2. The van der Waals surface area contributed by atoms with Gasteiger partial charge in [0.1, 0.15) is 0 Å². The molecule has 0 aromatic carbocycles. The molecular weight excluding hydrogens is 168 g/mol. The van der Waals surface area contributed by atoms with Crippen molar-refractivity contribution in [3.63, 3.8) is 0 Å². The molecule has 0 fully saturated rings. The largest absolute Gasteiger partial charge is 0.376 e. The van der Waals surface area contributed by atoms with Crippen molar-refractivity contribution in [3.8, 4) is 0 Å². The zero-order valence-corrected chi connectivity index (χ0v) is 6.65. The van der Waals surface area contributed by atoms with Crippen LogP contribution in [0.15, 0.2) is 12.7 Å². The van der Waals surface area contributed by atoms with Crippen LogP contribution in [0.25, 0.3) is 0 Å². The number of hydrogen-bond acceptors (Lipinski definition) is 1. The van der Waals surface area contributed by atoms with Gasteiger partial charge in [-0.25, -0.2) is 0 Å². The first-order chi connectivity index (χ1) is 3.77. The predicted octanol–water partition coefficient (Wildman–Crippen LogP) is 1.97. The summed E-state index contributed by atoms with van der Waals surface area (Å²) < 4.78 is 5.08. The summed E-state index contributed by atoms with van der Waals surface area (Å²) in [5.74, 6) is 0. The van der Waals surface area contributed by atoms with Crippen molar-refractivity contribution in [2.45, 2.75) is 11.8 Å². The molecule has 0 saturated carbocycles. The molecule has 0 bridgehead atoms. The van der Waals surface area contributed by atoms with Crippen LogP contribution in [0.3, 0.4) is 0 Å². The first-order valence-electron chi connectivity index (χ1n) is 2.60. The highest BCUT2D eigenvalue weighted by molar-refractivity contribution is 9.09. The number of rotatable bonds is 4. The summed E-state index contributed by atoms with van der Waals surface area (Å²) in [6.45, 7) is 6.97. The first-order valence-corrected chi connectivity index (χ1v) is 3.51. The molecule has 0 N–H and O–H groups in total. The number of halogens is 1. The van der Waals surface area contributed by atoms with Gasteiger partial charge in [0, 0.05) is 4.83 Å². The maximum atomic E-state index is 5.08. The highest BCUT2D eigenvalue weighted by Crippen LogP contribution is 1.96. The number of alkyl halides is 1. The second-order valence-corrected chi connectivity index (χ2v) is 3.17. The van der Waals surface area contributed by atoms with Gasteiger partial charge in [0.2, 0.25) is 0 Å². The second-order valence-electron chi connectivity index (χ2n) is 1.61. The van der Waals surface area contributed by atoms with E-state index in [1.807, 2.05) is 6.92 Å². The van der Waals surface area contributed by atoms with Crippen LogP contribution in [0.5, 0.6) is 0 Å². The molecule has 0 amide bonds. The topological polar surface area (TPSA) is 9.23 Å². The van der Waals surface area contributed by atoms with E-state index >= 15 is 0 Å². The average Bonchev–Trinajstić information content (AvgIpc) is 1.66. The Morgan fingerprint density at radius 3 is 2.88 bits per heavy atom. The van der Waals surface area contributed by atoms with Crippen molar-refractivity contribution < 1.29 is 4.74 Å². The zero-order valence-electron chi connectivity index (χ0n) is 5.06. The molecule has 0 aliphatic rings. The van der Waals surface area contributed by atoms with E-state index in [1.54, 1.807) is 6.08 Å². The molecular formula is C6H11BrO. The van der Waals surface area contributed by atoms with Gasteiger partial charge >= 0.3 is 0 Å². The van der Waals surface area contributed by atoms with Gasteiger partial charge in [0.25, 0.3) is 0 Å². The molecule has 1 nitrogen and oxygen atoms in total. The van der Waals surface area contributed by atoms with E-state index in [1.165, 1.54) is 0 Å². The quantitative estimate of drug-likeness (QED) is 0.364. The lowest BCUT2D eigenvalue weighted by Crippen LogP contribution is -2.03. The van der Waals surface area contributed by atoms with E-state index < -0.39 is 0 Å². The minimum absolute atomic E-state index is 0.447. The Bertz CT molecular complexity index is 61.5. The van der Waals surface area contributed by atoms with Crippen molar-refractivity contribution in [3.05, 3.63) is 12.7 Å². The van der Waals surface area contributed by atoms with Crippen LogP contribution >= 0.6 is 15.9 Å². The fourth-order valence-corrected chi connectivity index (χ4v) is 0.501. The third-order valence-corrected chi connectivity index (χ3v) is 0.848. The summed E-state index contributed by atoms with van der Waals surface area (Å²) in [6.07, 6.45) is 1.75. The van der Waals surface area contributed by atoms with Crippen LogP contribution in [-0.4, -0.2) is 18.0 Å². The van der Waals surface area contributed by atoms with Crippen molar-refractivity contribution >= 4 is 15.9 Å². The minimum atomic E-state index is 0.447. The van der Waals surface area contributed by atoms with Crippen LogP contribution in [0, 0.1) is 0 Å². The lowest BCUT2D eigenvalue weighted by Gasteiger charge is -2.00. The van der Waals surface area contributed by atoms with E-state index in [0.29, 0.717) is 11.4 Å². The van der Waals surface area contributed by atoms with Gasteiger partial charge < -0.3 is 4.74 Å².